The Morgan fingerprint density at radius 3 is 3.19 bits per heavy atom. The van der Waals surface area contributed by atoms with Gasteiger partial charge in [-0.05, 0) is 25.2 Å². The maximum Gasteiger partial charge on any atom is 0.180 e. The van der Waals surface area contributed by atoms with Crippen LogP contribution in [-0.4, -0.2) is 45.7 Å². The number of aliphatic hydroxyl groups is 1. The smallest absolute Gasteiger partial charge is 0.180 e. The predicted molar refractivity (Wildman–Crippen MR) is 83.8 cm³/mol. The van der Waals surface area contributed by atoms with E-state index in [1.165, 1.54) is 0 Å². The van der Waals surface area contributed by atoms with E-state index in [4.69, 9.17) is 4.98 Å². The maximum absolute atomic E-state index is 9.42. The summed E-state index contributed by atoms with van der Waals surface area (Å²) in [5, 5.41) is 12.8. The summed E-state index contributed by atoms with van der Waals surface area (Å²) in [6, 6.07) is 0. The zero-order valence-corrected chi connectivity index (χ0v) is 12.5. The number of piperidine rings is 1. The second kappa shape index (κ2) is 6.30. The van der Waals surface area contributed by atoms with Crippen molar-refractivity contribution in [2.45, 2.75) is 26.2 Å². The van der Waals surface area contributed by atoms with Crippen LogP contribution in [0, 0.1) is 5.92 Å². The number of rotatable bonds is 5. The Kier molecular flexibility index (Phi) is 4.24. The number of hydrogen-bond donors (Lipinski definition) is 2. The van der Waals surface area contributed by atoms with Crippen molar-refractivity contribution in [3.05, 3.63) is 18.6 Å². The Bertz CT molecular complexity index is 597. The van der Waals surface area contributed by atoms with E-state index in [1.807, 2.05) is 16.8 Å². The molecule has 0 aromatic carbocycles. The first-order chi connectivity index (χ1) is 10.3. The zero-order valence-electron chi connectivity index (χ0n) is 12.5. The fraction of sp³-hybridized carbons (Fsp3) is 0.600. The average Bonchev–Trinajstić information content (AvgIpc) is 3.00. The van der Waals surface area contributed by atoms with Crippen LogP contribution in [0.3, 0.4) is 0 Å². The Hall–Kier alpha value is -1.82. The molecule has 2 aromatic heterocycles. The van der Waals surface area contributed by atoms with Crippen molar-refractivity contribution in [3.63, 3.8) is 0 Å². The van der Waals surface area contributed by atoms with Gasteiger partial charge in [0.05, 0.1) is 6.20 Å². The van der Waals surface area contributed by atoms with Crippen LogP contribution in [0.4, 0.5) is 11.6 Å². The summed E-state index contributed by atoms with van der Waals surface area (Å²) >= 11 is 0. The number of fused-ring (bicyclic) bond motifs is 1. The van der Waals surface area contributed by atoms with Crippen molar-refractivity contribution in [2.75, 3.05) is 36.5 Å². The van der Waals surface area contributed by atoms with E-state index in [9.17, 15) is 5.11 Å². The minimum absolute atomic E-state index is 0.245. The van der Waals surface area contributed by atoms with Gasteiger partial charge < -0.3 is 19.7 Å². The molecule has 0 radical (unpaired) electrons. The summed E-state index contributed by atoms with van der Waals surface area (Å²) in [6.45, 7) is 5.12. The van der Waals surface area contributed by atoms with Crippen LogP contribution >= 0.6 is 0 Å². The largest absolute Gasteiger partial charge is 0.396 e. The molecule has 0 saturated carbocycles. The monoisotopic (exact) mass is 289 g/mol. The van der Waals surface area contributed by atoms with E-state index in [-0.39, 0.29) is 6.61 Å². The molecule has 3 heterocycles. The van der Waals surface area contributed by atoms with Crippen LogP contribution in [0.15, 0.2) is 18.6 Å². The number of hydrogen-bond acceptors (Lipinski definition) is 5. The molecule has 2 N–H and O–H groups in total. The molecule has 0 aliphatic carbocycles. The summed E-state index contributed by atoms with van der Waals surface area (Å²) in [4.78, 5) is 11.4. The van der Waals surface area contributed by atoms with Crippen LogP contribution < -0.4 is 10.2 Å². The van der Waals surface area contributed by atoms with Gasteiger partial charge >= 0.3 is 0 Å². The zero-order chi connectivity index (χ0) is 14.7. The molecule has 1 saturated heterocycles. The van der Waals surface area contributed by atoms with Crippen molar-refractivity contribution < 1.29 is 5.11 Å². The van der Waals surface area contributed by atoms with Crippen molar-refractivity contribution >= 4 is 17.3 Å². The second-order valence-electron chi connectivity index (χ2n) is 5.67. The summed E-state index contributed by atoms with van der Waals surface area (Å²) in [6.07, 6.45) is 8.98. The van der Waals surface area contributed by atoms with Gasteiger partial charge in [-0.25, -0.2) is 9.97 Å². The van der Waals surface area contributed by atoms with Gasteiger partial charge in [-0.2, -0.15) is 0 Å². The van der Waals surface area contributed by atoms with Gasteiger partial charge in [-0.3, -0.25) is 0 Å². The molecule has 1 fully saturated rings. The number of aliphatic hydroxyl groups excluding tert-OH is 1. The van der Waals surface area contributed by atoms with Crippen LogP contribution in [0.25, 0.3) is 5.65 Å². The molecule has 21 heavy (non-hydrogen) atoms. The van der Waals surface area contributed by atoms with Gasteiger partial charge in [0.25, 0.3) is 0 Å². The Balaban J connectivity index is 1.93. The highest BCUT2D eigenvalue weighted by Crippen LogP contribution is 2.26. The van der Waals surface area contributed by atoms with Gasteiger partial charge in [0, 0.05) is 38.6 Å². The number of imidazole rings is 1. The first-order valence-corrected chi connectivity index (χ1v) is 7.75. The Labute approximate surface area is 124 Å². The predicted octanol–water partition coefficient (Wildman–Crippen LogP) is 1.76. The first kappa shape index (κ1) is 14.1. The summed E-state index contributed by atoms with van der Waals surface area (Å²) in [5.41, 5.74) is 0.885. The van der Waals surface area contributed by atoms with Crippen LogP contribution in [0.5, 0.6) is 0 Å². The van der Waals surface area contributed by atoms with Crippen molar-refractivity contribution in [1.82, 2.24) is 14.4 Å². The minimum Gasteiger partial charge on any atom is -0.396 e. The number of anilines is 2. The standard InChI is InChI=1S/C15H23N5O/c1-2-5-16-13-10-20-8-6-17-14(20)15(18-13)19-7-3-4-12(9-19)11-21/h6,8,10,12,16,21H,2-5,7,9,11H2,1H3. The topological polar surface area (TPSA) is 65.7 Å². The van der Waals surface area contributed by atoms with Crippen LogP contribution in [0.2, 0.25) is 0 Å². The Morgan fingerprint density at radius 2 is 2.38 bits per heavy atom. The number of aromatic nitrogens is 3. The second-order valence-corrected chi connectivity index (χ2v) is 5.67. The molecule has 2 aromatic rings. The Morgan fingerprint density at radius 1 is 1.48 bits per heavy atom. The normalized spacial score (nSPS) is 19.1. The van der Waals surface area contributed by atoms with E-state index in [1.54, 1.807) is 6.20 Å². The fourth-order valence-corrected chi connectivity index (χ4v) is 2.87. The molecule has 0 spiro atoms. The van der Waals surface area contributed by atoms with Gasteiger partial charge in [0.1, 0.15) is 5.82 Å². The highest BCUT2D eigenvalue weighted by molar-refractivity contribution is 5.67. The fourth-order valence-electron chi connectivity index (χ4n) is 2.87. The molecule has 3 rings (SSSR count). The minimum atomic E-state index is 0.245. The summed E-state index contributed by atoms with van der Waals surface area (Å²) in [5.74, 6) is 2.13. The van der Waals surface area contributed by atoms with E-state index in [2.05, 4.69) is 22.1 Å². The number of nitrogens with zero attached hydrogens (tertiary/aromatic N) is 4. The van der Waals surface area contributed by atoms with E-state index >= 15 is 0 Å². The summed E-state index contributed by atoms with van der Waals surface area (Å²) in [7, 11) is 0. The van der Waals surface area contributed by atoms with Crippen molar-refractivity contribution in [1.29, 1.82) is 0 Å². The van der Waals surface area contributed by atoms with Crippen LogP contribution in [0.1, 0.15) is 26.2 Å². The third-order valence-corrected chi connectivity index (χ3v) is 3.99. The van der Waals surface area contributed by atoms with E-state index < -0.39 is 0 Å². The van der Waals surface area contributed by atoms with Gasteiger partial charge in [0.2, 0.25) is 0 Å². The lowest BCUT2D eigenvalue weighted by atomic mass is 9.99. The molecule has 1 aliphatic heterocycles. The quantitative estimate of drug-likeness (QED) is 0.878. The highest BCUT2D eigenvalue weighted by atomic mass is 16.3. The molecule has 1 aliphatic rings. The molecule has 1 unspecified atom stereocenters. The molecule has 6 nitrogen and oxygen atoms in total. The lowest BCUT2D eigenvalue weighted by Gasteiger charge is -2.33. The first-order valence-electron chi connectivity index (χ1n) is 7.75. The van der Waals surface area contributed by atoms with Crippen molar-refractivity contribution in [2.24, 2.45) is 5.92 Å². The molecule has 114 valence electrons. The molecule has 0 bridgehead atoms. The van der Waals surface area contributed by atoms with Gasteiger partial charge in [0.15, 0.2) is 11.5 Å². The average molecular weight is 289 g/mol. The molecule has 6 heteroatoms. The third-order valence-electron chi connectivity index (χ3n) is 3.99. The molecule has 0 amide bonds. The van der Waals surface area contributed by atoms with E-state index in [0.29, 0.717) is 5.92 Å². The highest BCUT2D eigenvalue weighted by Gasteiger charge is 2.23. The lowest BCUT2D eigenvalue weighted by Crippen LogP contribution is -2.37. The van der Waals surface area contributed by atoms with Crippen LogP contribution in [-0.2, 0) is 0 Å². The van der Waals surface area contributed by atoms with Crippen molar-refractivity contribution in [3.8, 4) is 0 Å². The maximum atomic E-state index is 9.42. The number of nitrogens with one attached hydrogen (secondary N) is 1. The third kappa shape index (κ3) is 2.95. The SMILES string of the molecule is CCCNc1cn2ccnc2c(N2CCCC(CO)C2)n1. The van der Waals surface area contributed by atoms with Gasteiger partial charge in [-0.1, -0.05) is 6.92 Å². The molecule has 1 atom stereocenters. The van der Waals surface area contributed by atoms with E-state index in [0.717, 1.165) is 56.2 Å². The lowest BCUT2D eigenvalue weighted by molar-refractivity contribution is 0.208. The molecular formula is C15H23N5O. The summed E-state index contributed by atoms with van der Waals surface area (Å²) < 4.78 is 2.02. The molecular weight excluding hydrogens is 266 g/mol. The van der Waals surface area contributed by atoms with Gasteiger partial charge in [-0.15, -0.1) is 0 Å².